The van der Waals surface area contributed by atoms with Crippen LogP contribution in [0, 0.1) is 0 Å². The summed E-state index contributed by atoms with van der Waals surface area (Å²) in [5.74, 6) is 0. The molecule has 1 aromatic carbocycles. The zero-order valence-electron chi connectivity index (χ0n) is 12.1. The predicted molar refractivity (Wildman–Crippen MR) is 77.1 cm³/mol. The second-order valence-electron chi connectivity index (χ2n) is 4.16. The first-order valence-corrected chi connectivity index (χ1v) is 7.54. The molecule has 0 amide bonds. The summed E-state index contributed by atoms with van der Waals surface area (Å²) in [6.07, 6.45) is -0.306. The first-order valence-electron chi connectivity index (χ1n) is 6.73. The van der Waals surface area contributed by atoms with Crippen molar-refractivity contribution in [3.05, 3.63) is 29.8 Å². The quantitative estimate of drug-likeness (QED) is 0.553. The van der Waals surface area contributed by atoms with Crippen molar-refractivity contribution in [3.8, 4) is 0 Å². The summed E-state index contributed by atoms with van der Waals surface area (Å²) in [6, 6.07) is 6.30. The Morgan fingerprint density at radius 2 is 1.67 bits per heavy atom. The first kappa shape index (κ1) is 18.3. The molecular weight excluding hydrogens is 303 g/mol. The molecule has 21 heavy (non-hydrogen) atoms. The van der Waals surface area contributed by atoms with Crippen molar-refractivity contribution in [1.29, 1.82) is 0 Å². The minimum Gasteiger partial charge on any atom is -0.352 e. The molecule has 1 N–H and O–H groups in total. The number of rotatable bonds is 9. The van der Waals surface area contributed by atoms with Gasteiger partial charge in [-0.25, -0.2) is 0 Å². The molecule has 0 aliphatic heterocycles. The Hall–Kier alpha value is -0.760. The molecular formula is C14H20F3NO2S. The van der Waals surface area contributed by atoms with Crippen LogP contribution in [-0.4, -0.2) is 31.6 Å². The van der Waals surface area contributed by atoms with E-state index in [1.807, 2.05) is 13.8 Å². The lowest BCUT2D eigenvalue weighted by molar-refractivity contribution is -0.133. The summed E-state index contributed by atoms with van der Waals surface area (Å²) in [7, 11) is 0. The summed E-state index contributed by atoms with van der Waals surface area (Å²) in [4.78, 5) is 0.188. The normalized spacial score (nSPS) is 12.1. The number of nitrogens with one attached hydrogen (secondary N) is 1. The number of hydrogen-bond acceptors (Lipinski definition) is 4. The van der Waals surface area contributed by atoms with E-state index < -0.39 is 5.51 Å². The van der Waals surface area contributed by atoms with Crippen molar-refractivity contribution in [1.82, 2.24) is 5.32 Å². The van der Waals surface area contributed by atoms with Crippen molar-refractivity contribution < 1.29 is 22.6 Å². The Balaban J connectivity index is 2.38. The van der Waals surface area contributed by atoms with E-state index in [1.54, 1.807) is 12.1 Å². The van der Waals surface area contributed by atoms with Crippen LogP contribution in [-0.2, 0) is 16.0 Å². The van der Waals surface area contributed by atoms with Gasteiger partial charge in [0.25, 0.3) is 0 Å². The van der Waals surface area contributed by atoms with Crippen LogP contribution in [0.1, 0.15) is 19.4 Å². The van der Waals surface area contributed by atoms with Gasteiger partial charge in [0, 0.05) is 31.2 Å². The zero-order chi connectivity index (χ0) is 15.7. The highest BCUT2D eigenvalue weighted by Gasteiger charge is 2.28. The van der Waals surface area contributed by atoms with Crippen LogP contribution in [0.4, 0.5) is 13.2 Å². The van der Waals surface area contributed by atoms with Gasteiger partial charge in [0.15, 0.2) is 6.29 Å². The average Bonchev–Trinajstić information content (AvgIpc) is 2.39. The number of benzene rings is 1. The van der Waals surface area contributed by atoms with Gasteiger partial charge in [0.1, 0.15) is 0 Å². The van der Waals surface area contributed by atoms with Crippen LogP contribution in [0.2, 0.25) is 0 Å². The van der Waals surface area contributed by atoms with Crippen LogP contribution in [0.15, 0.2) is 29.2 Å². The zero-order valence-corrected chi connectivity index (χ0v) is 12.9. The van der Waals surface area contributed by atoms with E-state index in [1.165, 1.54) is 12.1 Å². The fourth-order valence-corrected chi connectivity index (χ4v) is 2.22. The molecule has 120 valence electrons. The third kappa shape index (κ3) is 8.31. The lowest BCUT2D eigenvalue weighted by Crippen LogP contribution is -2.31. The van der Waals surface area contributed by atoms with Gasteiger partial charge in [-0.2, -0.15) is 13.2 Å². The summed E-state index contributed by atoms with van der Waals surface area (Å²) in [6.45, 7) is 5.99. The SMILES string of the molecule is CCOC(CNCc1ccc(SC(F)(F)F)cc1)OCC. The van der Waals surface area contributed by atoms with E-state index in [4.69, 9.17) is 9.47 Å². The largest absolute Gasteiger partial charge is 0.446 e. The van der Waals surface area contributed by atoms with Crippen LogP contribution in [0.3, 0.4) is 0 Å². The van der Waals surface area contributed by atoms with Crippen molar-refractivity contribution >= 4 is 11.8 Å². The Labute approximate surface area is 127 Å². The van der Waals surface area contributed by atoms with Gasteiger partial charge >= 0.3 is 5.51 Å². The minimum absolute atomic E-state index is 0.109. The van der Waals surface area contributed by atoms with Gasteiger partial charge in [0.2, 0.25) is 0 Å². The number of ether oxygens (including phenoxy) is 2. The van der Waals surface area contributed by atoms with Crippen LogP contribution < -0.4 is 5.32 Å². The Kier molecular flexibility index (Phi) is 8.10. The van der Waals surface area contributed by atoms with Crippen molar-refractivity contribution in [2.24, 2.45) is 0 Å². The van der Waals surface area contributed by atoms with E-state index in [9.17, 15) is 13.2 Å². The van der Waals surface area contributed by atoms with Gasteiger partial charge in [0.05, 0.1) is 0 Å². The molecule has 0 aliphatic carbocycles. The number of thioether (sulfide) groups is 1. The lowest BCUT2D eigenvalue weighted by atomic mass is 10.2. The molecule has 0 bridgehead atoms. The van der Waals surface area contributed by atoms with Gasteiger partial charge < -0.3 is 14.8 Å². The Bertz CT molecular complexity index is 392. The number of halogens is 3. The molecule has 0 saturated heterocycles. The highest BCUT2D eigenvalue weighted by Crippen LogP contribution is 2.36. The maximum Gasteiger partial charge on any atom is 0.446 e. The van der Waals surface area contributed by atoms with Gasteiger partial charge in [-0.3, -0.25) is 0 Å². The summed E-state index contributed by atoms with van der Waals surface area (Å²) >= 11 is -0.109. The predicted octanol–water partition coefficient (Wildman–Crippen LogP) is 3.79. The highest BCUT2D eigenvalue weighted by atomic mass is 32.2. The van der Waals surface area contributed by atoms with E-state index in [0.29, 0.717) is 26.3 Å². The molecule has 3 nitrogen and oxygen atoms in total. The average molecular weight is 323 g/mol. The van der Waals surface area contributed by atoms with E-state index in [0.717, 1.165) is 5.56 Å². The van der Waals surface area contributed by atoms with Crippen LogP contribution >= 0.6 is 11.8 Å². The molecule has 0 radical (unpaired) electrons. The fourth-order valence-electron chi connectivity index (χ4n) is 1.68. The van der Waals surface area contributed by atoms with E-state index in [2.05, 4.69) is 5.32 Å². The molecule has 0 unspecified atom stereocenters. The number of hydrogen-bond donors (Lipinski definition) is 1. The third-order valence-electron chi connectivity index (χ3n) is 2.50. The maximum atomic E-state index is 12.2. The van der Waals surface area contributed by atoms with Crippen LogP contribution in [0.5, 0.6) is 0 Å². The fraction of sp³-hybridized carbons (Fsp3) is 0.571. The van der Waals surface area contributed by atoms with Crippen molar-refractivity contribution in [3.63, 3.8) is 0 Å². The van der Waals surface area contributed by atoms with Gasteiger partial charge in [-0.15, -0.1) is 0 Å². The molecule has 0 aliphatic rings. The van der Waals surface area contributed by atoms with Crippen molar-refractivity contribution in [2.75, 3.05) is 19.8 Å². The second-order valence-corrected chi connectivity index (χ2v) is 5.30. The molecule has 0 saturated carbocycles. The second kappa shape index (κ2) is 9.30. The monoisotopic (exact) mass is 323 g/mol. The third-order valence-corrected chi connectivity index (χ3v) is 3.24. The lowest BCUT2D eigenvalue weighted by Gasteiger charge is -2.17. The molecule has 0 fully saturated rings. The number of alkyl halides is 3. The van der Waals surface area contributed by atoms with E-state index >= 15 is 0 Å². The van der Waals surface area contributed by atoms with Gasteiger partial charge in [-0.1, -0.05) is 12.1 Å². The highest BCUT2D eigenvalue weighted by molar-refractivity contribution is 8.00. The summed E-state index contributed by atoms with van der Waals surface area (Å²) in [5, 5.41) is 3.16. The molecule has 0 spiro atoms. The topological polar surface area (TPSA) is 30.5 Å². The molecule has 0 heterocycles. The molecule has 0 aromatic heterocycles. The minimum atomic E-state index is -4.25. The summed E-state index contributed by atoms with van der Waals surface area (Å²) in [5.41, 5.74) is -3.34. The molecule has 1 rings (SSSR count). The van der Waals surface area contributed by atoms with Crippen LogP contribution in [0.25, 0.3) is 0 Å². The Morgan fingerprint density at radius 1 is 1.10 bits per heavy atom. The molecule has 7 heteroatoms. The van der Waals surface area contributed by atoms with Crippen molar-refractivity contribution in [2.45, 2.75) is 37.1 Å². The van der Waals surface area contributed by atoms with E-state index in [-0.39, 0.29) is 22.9 Å². The molecule has 0 atom stereocenters. The Morgan fingerprint density at radius 3 is 2.14 bits per heavy atom. The van der Waals surface area contributed by atoms with Gasteiger partial charge in [-0.05, 0) is 43.3 Å². The smallest absolute Gasteiger partial charge is 0.352 e. The summed E-state index contributed by atoms with van der Waals surface area (Å²) < 4.78 is 47.4. The first-order chi connectivity index (χ1) is 9.94. The standard InChI is InChI=1S/C14H20F3NO2S/c1-3-19-13(20-4-2)10-18-9-11-5-7-12(8-6-11)21-14(15,16)17/h5-8,13,18H,3-4,9-10H2,1-2H3. The molecule has 1 aromatic rings. The maximum absolute atomic E-state index is 12.2.